The first-order valence-electron chi connectivity index (χ1n) is 5.85. The Balaban J connectivity index is 2.11. The number of aromatic amines is 1. The molecule has 3 aromatic rings. The van der Waals surface area contributed by atoms with Crippen LogP contribution in [0.4, 0.5) is 5.82 Å². The number of hydrogen-bond donors (Lipinski definition) is 1. The quantitative estimate of drug-likeness (QED) is 0.798. The number of pyridine rings is 1. The van der Waals surface area contributed by atoms with E-state index in [0.717, 1.165) is 33.4 Å². The van der Waals surface area contributed by atoms with Crippen LogP contribution in [0.15, 0.2) is 23.6 Å². The number of H-pyrrole nitrogens is 1. The van der Waals surface area contributed by atoms with Crippen LogP contribution in [-0.2, 0) is 0 Å². The third-order valence-corrected chi connectivity index (χ3v) is 3.76. The van der Waals surface area contributed by atoms with Crippen molar-refractivity contribution in [1.29, 1.82) is 0 Å². The summed E-state index contributed by atoms with van der Waals surface area (Å²) in [5.41, 5.74) is 1.65. The lowest BCUT2D eigenvalue weighted by Crippen LogP contribution is -2.10. The number of nitrogens with one attached hydrogen (secondary N) is 1. The molecule has 0 fully saturated rings. The van der Waals surface area contributed by atoms with Crippen LogP contribution in [0.3, 0.4) is 0 Å². The first-order valence-corrected chi connectivity index (χ1v) is 6.73. The first kappa shape index (κ1) is 12.0. The molecular weight excluding hydrogens is 260 g/mol. The highest BCUT2D eigenvalue weighted by atomic mass is 32.1. The molecule has 0 bridgehead atoms. The van der Waals surface area contributed by atoms with Gasteiger partial charge in [-0.15, -0.1) is 11.3 Å². The van der Waals surface area contributed by atoms with Crippen LogP contribution in [0, 0.1) is 0 Å². The van der Waals surface area contributed by atoms with Gasteiger partial charge in [0.15, 0.2) is 11.5 Å². The van der Waals surface area contributed by atoms with Crippen molar-refractivity contribution in [2.75, 3.05) is 26.1 Å². The molecule has 0 atom stereocenters. The number of nitrogens with zero attached hydrogens (tertiary/aromatic N) is 3. The molecule has 0 saturated heterocycles. The SMILES string of the molecule is COc1ccsc1-c1nc2nc(N(C)C)ccc2[nH]1. The molecule has 0 unspecified atom stereocenters. The van der Waals surface area contributed by atoms with E-state index in [4.69, 9.17) is 4.74 Å². The molecule has 3 aromatic heterocycles. The van der Waals surface area contributed by atoms with E-state index >= 15 is 0 Å². The standard InChI is InChI=1S/C13H14N4OS/c1-17(2)10-5-4-8-12(15-10)16-13(14-8)11-9(18-3)6-7-19-11/h4-7H,1-3H3,(H,14,15,16). The molecule has 98 valence electrons. The molecule has 0 radical (unpaired) electrons. The van der Waals surface area contributed by atoms with Crippen molar-refractivity contribution in [1.82, 2.24) is 15.0 Å². The van der Waals surface area contributed by atoms with Gasteiger partial charge < -0.3 is 14.6 Å². The van der Waals surface area contributed by atoms with Gasteiger partial charge in [-0.05, 0) is 23.6 Å². The predicted molar refractivity (Wildman–Crippen MR) is 78.1 cm³/mol. The van der Waals surface area contributed by atoms with E-state index in [-0.39, 0.29) is 0 Å². The number of ether oxygens (including phenoxy) is 1. The molecular formula is C13H14N4OS. The van der Waals surface area contributed by atoms with Crippen molar-refractivity contribution in [2.45, 2.75) is 0 Å². The Labute approximate surface area is 114 Å². The minimum Gasteiger partial charge on any atom is -0.495 e. The fourth-order valence-electron chi connectivity index (χ4n) is 1.87. The number of aromatic nitrogens is 3. The van der Waals surface area contributed by atoms with E-state index < -0.39 is 0 Å². The normalized spacial score (nSPS) is 10.9. The van der Waals surface area contributed by atoms with E-state index in [9.17, 15) is 0 Å². The summed E-state index contributed by atoms with van der Waals surface area (Å²) >= 11 is 1.60. The van der Waals surface area contributed by atoms with Crippen molar-refractivity contribution >= 4 is 28.3 Å². The lowest BCUT2D eigenvalue weighted by molar-refractivity contribution is 0.418. The predicted octanol–water partition coefficient (Wildman–Crippen LogP) is 2.76. The molecule has 3 rings (SSSR count). The van der Waals surface area contributed by atoms with Crippen LogP contribution >= 0.6 is 11.3 Å². The average Bonchev–Trinajstić information content (AvgIpc) is 3.03. The van der Waals surface area contributed by atoms with Crippen LogP contribution in [0.1, 0.15) is 0 Å². The van der Waals surface area contributed by atoms with Crippen LogP contribution in [0.2, 0.25) is 0 Å². The highest BCUT2D eigenvalue weighted by Crippen LogP contribution is 2.34. The number of thiophene rings is 1. The highest BCUT2D eigenvalue weighted by Gasteiger charge is 2.13. The Morgan fingerprint density at radius 3 is 2.79 bits per heavy atom. The van der Waals surface area contributed by atoms with E-state index in [1.165, 1.54) is 0 Å². The van der Waals surface area contributed by atoms with Crippen LogP contribution in [0.25, 0.3) is 21.9 Å². The maximum absolute atomic E-state index is 5.32. The minimum absolute atomic E-state index is 0.719. The third kappa shape index (κ3) is 2.04. The van der Waals surface area contributed by atoms with E-state index in [2.05, 4.69) is 15.0 Å². The van der Waals surface area contributed by atoms with Gasteiger partial charge in [0.25, 0.3) is 0 Å². The van der Waals surface area contributed by atoms with Gasteiger partial charge in [0.05, 0.1) is 12.6 Å². The molecule has 0 saturated carbocycles. The minimum atomic E-state index is 0.719. The fraction of sp³-hybridized carbons (Fsp3) is 0.231. The largest absolute Gasteiger partial charge is 0.495 e. The lowest BCUT2D eigenvalue weighted by atomic mass is 10.4. The number of imidazole rings is 1. The van der Waals surface area contributed by atoms with Crippen molar-refractivity contribution in [3.63, 3.8) is 0 Å². The first-order chi connectivity index (χ1) is 9.19. The summed E-state index contributed by atoms with van der Waals surface area (Å²) in [6.07, 6.45) is 0. The van der Waals surface area contributed by atoms with Gasteiger partial charge in [-0.2, -0.15) is 0 Å². The maximum Gasteiger partial charge on any atom is 0.180 e. The third-order valence-electron chi connectivity index (χ3n) is 2.85. The van der Waals surface area contributed by atoms with Gasteiger partial charge >= 0.3 is 0 Å². The van der Waals surface area contributed by atoms with Crippen molar-refractivity contribution < 1.29 is 4.74 Å². The van der Waals surface area contributed by atoms with E-state index in [0.29, 0.717) is 0 Å². The summed E-state index contributed by atoms with van der Waals surface area (Å²) < 4.78 is 5.32. The molecule has 0 aliphatic heterocycles. The fourth-order valence-corrected chi connectivity index (χ4v) is 2.67. The molecule has 3 heterocycles. The van der Waals surface area contributed by atoms with E-state index in [1.54, 1.807) is 18.4 Å². The molecule has 0 aliphatic carbocycles. The molecule has 5 nitrogen and oxygen atoms in total. The van der Waals surface area contributed by atoms with Gasteiger partial charge in [-0.1, -0.05) is 0 Å². The molecule has 0 spiro atoms. The summed E-state index contributed by atoms with van der Waals surface area (Å²) in [6, 6.07) is 5.90. The van der Waals surface area contributed by atoms with Crippen LogP contribution < -0.4 is 9.64 Å². The lowest BCUT2D eigenvalue weighted by Gasteiger charge is -2.09. The smallest absolute Gasteiger partial charge is 0.180 e. The molecule has 0 aromatic carbocycles. The van der Waals surface area contributed by atoms with Gasteiger partial charge in [0.2, 0.25) is 0 Å². The zero-order valence-corrected chi connectivity index (χ0v) is 11.8. The molecule has 0 amide bonds. The van der Waals surface area contributed by atoms with Crippen molar-refractivity contribution in [2.24, 2.45) is 0 Å². The molecule has 1 N–H and O–H groups in total. The summed E-state index contributed by atoms with van der Waals surface area (Å²) in [6.45, 7) is 0. The molecule has 0 aliphatic rings. The Hall–Kier alpha value is -2.08. The average molecular weight is 274 g/mol. The second-order valence-electron chi connectivity index (χ2n) is 4.34. The summed E-state index contributed by atoms with van der Waals surface area (Å²) in [7, 11) is 5.59. The zero-order valence-electron chi connectivity index (χ0n) is 11.0. The number of fused-ring (bicyclic) bond motifs is 1. The number of methoxy groups -OCH3 is 1. The Bertz CT molecular complexity index is 716. The Kier molecular flexibility index (Phi) is 2.87. The van der Waals surface area contributed by atoms with Gasteiger partial charge in [-0.25, -0.2) is 9.97 Å². The highest BCUT2D eigenvalue weighted by molar-refractivity contribution is 7.13. The second-order valence-corrected chi connectivity index (χ2v) is 5.25. The van der Waals surface area contributed by atoms with Crippen LogP contribution in [-0.4, -0.2) is 36.2 Å². The Morgan fingerprint density at radius 2 is 2.05 bits per heavy atom. The van der Waals surface area contributed by atoms with Crippen molar-refractivity contribution in [3.8, 4) is 16.5 Å². The molecule has 19 heavy (non-hydrogen) atoms. The summed E-state index contributed by atoms with van der Waals surface area (Å²) in [5.74, 6) is 2.52. The maximum atomic E-state index is 5.32. The topological polar surface area (TPSA) is 54.0 Å². The van der Waals surface area contributed by atoms with Gasteiger partial charge in [0.1, 0.15) is 16.4 Å². The second kappa shape index (κ2) is 4.55. The number of anilines is 1. The van der Waals surface area contributed by atoms with E-state index in [1.807, 2.05) is 42.6 Å². The van der Waals surface area contributed by atoms with Crippen LogP contribution in [0.5, 0.6) is 5.75 Å². The van der Waals surface area contributed by atoms with Gasteiger partial charge in [-0.3, -0.25) is 0 Å². The number of rotatable bonds is 3. The summed E-state index contributed by atoms with van der Waals surface area (Å²) in [4.78, 5) is 15.3. The van der Waals surface area contributed by atoms with Gasteiger partial charge in [0, 0.05) is 14.1 Å². The number of hydrogen-bond acceptors (Lipinski definition) is 5. The monoisotopic (exact) mass is 274 g/mol. The molecule has 6 heteroatoms. The zero-order chi connectivity index (χ0) is 13.4. The Morgan fingerprint density at radius 1 is 1.21 bits per heavy atom. The summed E-state index contributed by atoms with van der Waals surface area (Å²) in [5, 5.41) is 1.99. The van der Waals surface area contributed by atoms with Crippen molar-refractivity contribution in [3.05, 3.63) is 23.6 Å².